The van der Waals surface area contributed by atoms with Gasteiger partial charge in [-0.25, -0.2) is 0 Å². The van der Waals surface area contributed by atoms with Crippen LogP contribution in [-0.2, 0) is 5.45 Å². The fourth-order valence-corrected chi connectivity index (χ4v) is 0.782. The maximum Gasteiger partial charge on any atom is 0.381 e. The summed E-state index contributed by atoms with van der Waals surface area (Å²) in [6.45, 7) is 0. The van der Waals surface area contributed by atoms with E-state index < -0.39 is 4.92 Å². The highest BCUT2D eigenvalue weighted by Gasteiger charge is 2.07. The Morgan fingerprint density at radius 3 is 2.90 bits per heavy atom. The number of imidazole rings is 1. The third-order valence-electron chi connectivity index (χ3n) is 0.945. The molecule has 0 saturated heterocycles. The number of nitrogens with zero attached hydrogens (tertiary/aromatic N) is 3. The molecule has 6 heteroatoms. The zero-order chi connectivity index (χ0) is 7.56. The van der Waals surface area contributed by atoms with Crippen LogP contribution in [0.2, 0.25) is 0 Å². The second kappa shape index (κ2) is 2.78. The molecule has 0 amide bonds. The number of nitro groups is 1. The van der Waals surface area contributed by atoms with Gasteiger partial charge < -0.3 is 10.1 Å². The molecule has 0 N–H and O–H groups in total. The van der Waals surface area contributed by atoms with Gasteiger partial charge in [0.15, 0.2) is 0 Å². The third kappa shape index (κ3) is 1.32. The lowest BCUT2D eigenvalue weighted by molar-refractivity contribution is -0.389. The van der Waals surface area contributed by atoms with E-state index >= 15 is 0 Å². The molecule has 0 unspecified atom stereocenters. The molecule has 5 nitrogen and oxygen atoms in total. The van der Waals surface area contributed by atoms with Crippen LogP contribution in [0, 0.1) is 10.1 Å². The Morgan fingerprint density at radius 2 is 2.60 bits per heavy atom. The molecule has 0 aliphatic carbocycles. The van der Waals surface area contributed by atoms with Crippen molar-refractivity contribution in [1.82, 2.24) is 9.55 Å². The summed E-state index contributed by atoms with van der Waals surface area (Å²) in [6, 6.07) is 0. The minimum absolute atomic E-state index is 0.126. The SMILES string of the molecule is O=[N+]([O-])c1cn(CBr)cn1. The van der Waals surface area contributed by atoms with E-state index in [1.54, 1.807) is 4.57 Å². The van der Waals surface area contributed by atoms with Crippen molar-refractivity contribution in [2.45, 2.75) is 5.45 Å². The Balaban J connectivity index is 2.88. The molecule has 0 radical (unpaired) electrons. The fourth-order valence-electron chi connectivity index (χ4n) is 0.508. The van der Waals surface area contributed by atoms with Crippen molar-refractivity contribution in [3.05, 3.63) is 22.6 Å². The van der Waals surface area contributed by atoms with E-state index in [1.165, 1.54) is 12.5 Å². The minimum Gasteiger partial charge on any atom is -0.358 e. The van der Waals surface area contributed by atoms with Gasteiger partial charge in [0.2, 0.25) is 6.33 Å². The molecule has 0 spiro atoms. The molecular formula is C4H4BrN3O2. The second-order valence-corrected chi connectivity index (χ2v) is 2.12. The largest absolute Gasteiger partial charge is 0.381 e. The van der Waals surface area contributed by atoms with E-state index in [2.05, 4.69) is 20.9 Å². The molecule has 0 fully saturated rings. The Labute approximate surface area is 65.0 Å². The highest BCUT2D eigenvalue weighted by molar-refractivity contribution is 9.08. The van der Waals surface area contributed by atoms with Gasteiger partial charge in [0, 0.05) is 0 Å². The van der Waals surface area contributed by atoms with E-state index in [1.807, 2.05) is 0 Å². The molecular weight excluding hydrogens is 202 g/mol. The summed E-state index contributed by atoms with van der Waals surface area (Å²) in [5.74, 6) is -0.126. The average Bonchev–Trinajstić information content (AvgIpc) is 2.34. The molecule has 0 aliphatic rings. The molecule has 0 saturated carbocycles. The van der Waals surface area contributed by atoms with Crippen molar-refractivity contribution in [1.29, 1.82) is 0 Å². The second-order valence-electron chi connectivity index (χ2n) is 1.62. The normalized spacial score (nSPS) is 9.70. The summed E-state index contributed by atoms with van der Waals surface area (Å²) < 4.78 is 1.57. The lowest BCUT2D eigenvalue weighted by Gasteiger charge is -1.86. The van der Waals surface area contributed by atoms with Crippen molar-refractivity contribution in [3.8, 4) is 0 Å². The van der Waals surface area contributed by atoms with Crippen molar-refractivity contribution < 1.29 is 4.92 Å². The predicted octanol–water partition coefficient (Wildman–Crippen LogP) is 1.14. The molecule has 1 aromatic heterocycles. The van der Waals surface area contributed by atoms with Gasteiger partial charge in [-0.1, -0.05) is 15.9 Å². The summed E-state index contributed by atoms with van der Waals surface area (Å²) in [7, 11) is 0. The maximum absolute atomic E-state index is 10.0. The van der Waals surface area contributed by atoms with Crippen molar-refractivity contribution in [2.24, 2.45) is 0 Å². The molecule has 10 heavy (non-hydrogen) atoms. The number of hydrogen-bond donors (Lipinski definition) is 0. The molecule has 1 rings (SSSR count). The van der Waals surface area contributed by atoms with Crippen LogP contribution in [0.4, 0.5) is 5.82 Å². The Kier molecular flexibility index (Phi) is 2.00. The maximum atomic E-state index is 10.0. The first kappa shape index (κ1) is 7.20. The van der Waals surface area contributed by atoms with E-state index in [-0.39, 0.29) is 5.82 Å². The van der Waals surface area contributed by atoms with Crippen LogP contribution >= 0.6 is 15.9 Å². The quantitative estimate of drug-likeness (QED) is 0.414. The van der Waals surface area contributed by atoms with Crippen LogP contribution in [0.15, 0.2) is 12.5 Å². The standard InChI is InChI=1S/C4H4BrN3O2/c5-2-7-1-4(6-3-7)8(9)10/h1,3H,2H2. The van der Waals surface area contributed by atoms with Crippen molar-refractivity contribution in [3.63, 3.8) is 0 Å². The average molecular weight is 206 g/mol. The smallest absolute Gasteiger partial charge is 0.358 e. The summed E-state index contributed by atoms with van der Waals surface area (Å²) in [5, 5.41) is 10.0. The summed E-state index contributed by atoms with van der Waals surface area (Å²) in [5.41, 5.74) is 0.522. The Bertz CT molecular complexity index is 246. The molecule has 1 heterocycles. The topological polar surface area (TPSA) is 61.0 Å². The summed E-state index contributed by atoms with van der Waals surface area (Å²) >= 11 is 3.12. The number of hydrogen-bond acceptors (Lipinski definition) is 3. The van der Waals surface area contributed by atoms with E-state index in [0.717, 1.165) is 0 Å². The van der Waals surface area contributed by atoms with Gasteiger partial charge in [-0.05, 0) is 9.91 Å². The lowest BCUT2D eigenvalue weighted by Crippen LogP contribution is -1.87. The van der Waals surface area contributed by atoms with Crippen LogP contribution < -0.4 is 0 Å². The van der Waals surface area contributed by atoms with Crippen LogP contribution in [0.5, 0.6) is 0 Å². The van der Waals surface area contributed by atoms with Crippen LogP contribution in [0.25, 0.3) is 0 Å². The monoisotopic (exact) mass is 205 g/mol. The minimum atomic E-state index is -0.529. The van der Waals surface area contributed by atoms with Gasteiger partial charge in [0.05, 0.1) is 5.45 Å². The van der Waals surface area contributed by atoms with Gasteiger partial charge in [-0.3, -0.25) is 4.57 Å². The first-order valence-electron chi connectivity index (χ1n) is 2.46. The molecule has 0 aliphatic heterocycles. The molecule has 1 aromatic rings. The van der Waals surface area contributed by atoms with Gasteiger partial charge in [-0.15, -0.1) is 0 Å². The highest BCUT2D eigenvalue weighted by atomic mass is 79.9. The number of halogens is 1. The number of aromatic nitrogens is 2. The first-order valence-corrected chi connectivity index (χ1v) is 3.58. The van der Waals surface area contributed by atoms with Crippen molar-refractivity contribution >= 4 is 21.7 Å². The van der Waals surface area contributed by atoms with E-state index in [4.69, 9.17) is 0 Å². The molecule has 0 aromatic carbocycles. The van der Waals surface area contributed by atoms with Gasteiger partial charge in [0.1, 0.15) is 6.20 Å². The van der Waals surface area contributed by atoms with Crippen molar-refractivity contribution in [2.75, 3.05) is 0 Å². The van der Waals surface area contributed by atoms with Crippen LogP contribution in [-0.4, -0.2) is 14.5 Å². The zero-order valence-corrected chi connectivity index (χ0v) is 6.48. The Hall–Kier alpha value is -0.910. The first-order chi connectivity index (χ1) is 4.74. The molecule has 54 valence electrons. The predicted molar refractivity (Wildman–Crippen MR) is 37.8 cm³/mol. The van der Waals surface area contributed by atoms with Gasteiger partial charge in [-0.2, -0.15) is 0 Å². The van der Waals surface area contributed by atoms with Gasteiger partial charge >= 0.3 is 5.82 Å². The summed E-state index contributed by atoms with van der Waals surface area (Å²) in [4.78, 5) is 13.0. The molecule has 0 atom stereocenters. The van der Waals surface area contributed by atoms with E-state index in [0.29, 0.717) is 5.45 Å². The fraction of sp³-hybridized carbons (Fsp3) is 0.250. The van der Waals surface area contributed by atoms with Crippen LogP contribution in [0.1, 0.15) is 0 Å². The summed E-state index contributed by atoms with van der Waals surface area (Å²) in [6.07, 6.45) is 2.75. The van der Waals surface area contributed by atoms with Gasteiger partial charge in [0.25, 0.3) is 0 Å². The van der Waals surface area contributed by atoms with Crippen LogP contribution in [0.3, 0.4) is 0 Å². The molecule has 0 bridgehead atoms. The Morgan fingerprint density at radius 1 is 1.90 bits per heavy atom. The lowest BCUT2D eigenvalue weighted by atomic mass is 10.8. The zero-order valence-electron chi connectivity index (χ0n) is 4.90. The number of rotatable bonds is 2. The highest BCUT2D eigenvalue weighted by Crippen LogP contribution is 2.06. The number of alkyl halides is 1. The third-order valence-corrected chi connectivity index (χ3v) is 1.52. The van der Waals surface area contributed by atoms with E-state index in [9.17, 15) is 10.1 Å².